The van der Waals surface area contributed by atoms with Crippen LogP contribution in [0, 0.1) is 18.8 Å². The van der Waals surface area contributed by atoms with Gasteiger partial charge in [0, 0.05) is 55.8 Å². The first-order chi connectivity index (χ1) is 15.1. The molecular formula is C25H32N4O2. The van der Waals surface area contributed by atoms with Gasteiger partial charge in [-0.15, -0.1) is 0 Å². The fourth-order valence-electron chi connectivity index (χ4n) is 6.01. The number of rotatable bonds is 4. The number of aromatic nitrogens is 2. The smallest absolute Gasteiger partial charge is 0.242 e. The highest BCUT2D eigenvalue weighted by Gasteiger charge is 2.48. The van der Waals surface area contributed by atoms with E-state index < -0.39 is 0 Å². The molecule has 2 aromatic rings. The lowest BCUT2D eigenvalue weighted by atomic mass is 9.81. The summed E-state index contributed by atoms with van der Waals surface area (Å²) in [6.07, 6.45) is 10.5. The Balaban J connectivity index is 1.38. The van der Waals surface area contributed by atoms with E-state index in [-0.39, 0.29) is 17.9 Å². The molecule has 0 radical (unpaired) electrons. The van der Waals surface area contributed by atoms with Crippen LogP contribution in [0.1, 0.15) is 49.1 Å². The molecule has 6 nitrogen and oxygen atoms in total. The molecule has 0 spiro atoms. The van der Waals surface area contributed by atoms with Crippen molar-refractivity contribution in [1.29, 1.82) is 0 Å². The zero-order valence-corrected chi connectivity index (χ0v) is 18.3. The van der Waals surface area contributed by atoms with Crippen LogP contribution in [0.2, 0.25) is 0 Å². The molecule has 0 bridgehead atoms. The molecule has 3 aliphatic rings. The second-order valence-corrected chi connectivity index (χ2v) is 9.59. The molecule has 1 aliphatic carbocycles. The number of aryl methyl sites for hydroxylation is 1. The first-order valence-corrected chi connectivity index (χ1v) is 11.7. The first-order valence-electron chi connectivity index (χ1n) is 11.7. The van der Waals surface area contributed by atoms with Gasteiger partial charge in [-0.1, -0.05) is 42.7 Å². The van der Waals surface area contributed by atoms with E-state index in [2.05, 4.69) is 41.1 Å². The largest absolute Gasteiger partial charge is 0.341 e. The number of benzene rings is 1. The van der Waals surface area contributed by atoms with E-state index in [1.54, 1.807) is 12.5 Å². The minimum Gasteiger partial charge on any atom is -0.341 e. The Hall–Kier alpha value is -2.63. The highest BCUT2D eigenvalue weighted by atomic mass is 16.2. The molecule has 0 unspecified atom stereocenters. The highest BCUT2D eigenvalue weighted by Crippen LogP contribution is 2.43. The van der Waals surface area contributed by atoms with E-state index in [9.17, 15) is 9.59 Å². The Labute approximate surface area is 184 Å². The zero-order valence-electron chi connectivity index (χ0n) is 18.3. The molecule has 31 heavy (non-hydrogen) atoms. The van der Waals surface area contributed by atoms with Crippen molar-refractivity contribution >= 4 is 11.8 Å². The number of carbonyl (C=O) groups excluding carboxylic acids is 2. The molecule has 2 aliphatic heterocycles. The molecule has 3 atom stereocenters. The highest BCUT2D eigenvalue weighted by molar-refractivity contribution is 5.80. The Kier molecular flexibility index (Phi) is 5.55. The Morgan fingerprint density at radius 1 is 1.13 bits per heavy atom. The average molecular weight is 421 g/mol. The predicted molar refractivity (Wildman–Crippen MR) is 118 cm³/mol. The van der Waals surface area contributed by atoms with Crippen LogP contribution in [0.4, 0.5) is 0 Å². The van der Waals surface area contributed by atoms with E-state index in [0.717, 1.165) is 38.9 Å². The average Bonchev–Trinajstić information content (AvgIpc) is 3.53. The van der Waals surface area contributed by atoms with Gasteiger partial charge in [0.05, 0.1) is 6.33 Å². The van der Waals surface area contributed by atoms with Gasteiger partial charge in [-0.05, 0) is 31.7 Å². The lowest BCUT2D eigenvalue weighted by Gasteiger charge is -2.39. The van der Waals surface area contributed by atoms with Gasteiger partial charge in [0.15, 0.2) is 0 Å². The van der Waals surface area contributed by atoms with E-state index in [1.165, 1.54) is 24.0 Å². The van der Waals surface area contributed by atoms with Gasteiger partial charge in [0.25, 0.3) is 0 Å². The maximum absolute atomic E-state index is 13.4. The van der Waals surface area contributed by atoms with Crippen LogP contribution in [0.25, 0.3) is 0 Å². The fourth-order valence-corrected chi connectivity index (χ4v) is 6.01. The van der Waals surface area contributed by atoms with Crippen molar-refractivity contribution in [3.05, 3.63) is 54.1 Å². The third-order valence-corrected chi connectivity index (χ3v) is 7.62. The number of carbonyl (C=O) groups is 2. The standard InChI is InChI=1S/C25H32N4O2/c1-18-5-4-8-20(13-18)21-15-29(25(31)19-6-2-3-7-19)23-9-11-28(14-22(21)23)24(30)16-27-12-10-26-17-27/h4-5,8,10,12-13,17,19,21-23H,2-3,6-7,9,11,14-16H2,1H3/t21-,22-,23-/m1/s1. The molecule has 2 saturated heterocycles. The van der Waals surface area contributed by atoms with E-state index in [1.807, 2.05) is 15.7 Å². The van der Waals surface area contributed by atoms with Gasteiger partial charge in [-0.25, -0.2) is 4.98 Å². The second-order valence-electron chi connectivity index (χ2n) is 9.59. The summed E-state index contributed by atoms with van der Waals surface area (Å²) >= 11 is 0. The van der Waals surface area contributed by atoms with Crippen molar-refractivity contribution in [1.82, 2.24) is 19.4 Å². The minimum absolute atomic E-state index is 0.139. The van der Waals surface area contributed by atoms with Crippen molar-refractivity contribution in [2.45, 2.75) is 57.5 Å². The van der Waals surface area contributed by atoms with Crippen LogP contribution in [0.15, 0.2) is 43.0 Å². The summed E-state index contributed by atoms with van der Waals surface area (Å²) in [4.78, 5) is 34.6. The number of hydrogen-bond donors (Lipinski definition) is 0. The van der Waals surface area contributed by atoms with Gasteiger partial charge in [0.1, 0.15) is 6.54 Å². The first kappa shape index (κ1) is 20.3. The number of imidazole rings is 1. The van der Waals surface area contributed by atoms with Crippen LogP contribution in [-0.4, -0.2) is 56.8 Å². The number of hydrogen-bond acceptors (Lipinski definition) is 3. The summed E-state index contributed by atoms with van der Waals surface area (Å²) in [6.45, 7) is 4.70. The molecule has 1 saturated carbocycles. The van der Waals surface area contributed by atoms with Crippen LogP contribution in [-0.2, 0) is 16.1 Å². The summed E-state index contributed by atoms with van der Waals surface area (Å²) in [5, 5.41) is 0. The summed E-state index contributed by atoms with van der Waals surface area (Å²) < 4.78 is 1.83. The van der Waals surface area contributed by atoms with E-state index >= 15 is 0 Å². The number of nitrogens with zero attached hydrogens (tertiary/aromatic N) is 4. The molecule has 5 rings (SSSR count). The Morgan fingerprint density at radius 3 is 2.71 bits per heavy atom. The molecule has 6 heteroatoms. The third-order valence-electron chi connectivity index (χ3n) is 7.62. The lowest BCUT2D eigenvalue weighted by Crippen LogP contribution is -2.51. The molecule has 164 valence electrons. The van der Waals surface area contributed by atoms with Crippen molar-refractivity contribution in [3.8, 4) is 0 Å². The van der Waals surface area contributed by atoms with Gasteiger partial charge >= 0.3 is 0 Å². The molecule has 3 fully saturated rings. The second kappa shape index (κ2) is 8.48. The minimum atomic E-state index is 0.139. The van der Waals surface area contributed by atoms with Crippen molar-refractivity contribution < 1.29 is 9.59 Å². The van der Waals surface area contributed by atoms with Gasteiger partial charge in [-0.3, -0.25) is 9.59 Å². The topological polar surface area (TPSA) is 58.4 Å². The van der Waals surface area contributed by atoms with Gasteiger partial charge in [-0.2, -0.15) is 0 Å². The normalized spacial score (nSPS) is 26.3. The monoisotopic (exact) mass is 420 g/mol. The molecule has 2 amide bonds. The Bertz CT molecular complexity index is 935. The summed E-state index contributed by atoms with van der Waals surface area (Å²) in [5.41, 5.74) is 2.55. The molecular weight excluding hydrogens is 388 g/mol. The van der Waals surface area contributed by atoms with Crippen LogP contribution in [0.3, 0.4) is 0 Å². The van der Waals surface area contributed by atoms with Crippen LogP contribution in [0.5, 0.6) is 0 Å². The maximum atomic E-state index is 13.4. The van der Waals surface area contributed by atoms with Crippen LogP contribution >= 0.6 is 0 Å². The molecule has 1 aromatic carbocycles. The third kappa shape index (κ3) is 4.00. The van der Waals surface area contributed by atoms with E-state index in [0.29, 0.717) is 24.3 Å². The molecule has 0 N–H and O–H groups in total. The summed E-state index contributed by atoms with van der Waals surface area (Å²) in [5.74, 6) is 1.30. The summed E-state index contributed by atoms with van der Waals surface area (Å²) in [6, 6.07) is 8.95. The zero-order chi connectivity index (χ0) is 21.4. The SMILES string of the molecule is Cc1cccc([C@H]2CN(C(=O)C3CCCC3)[C@@H]3CCN(C(=O)Cn4ccnc4)C[C@H]23)c1. The maximum Gasteiger partial charge on any atom is 0.242 e. The lowest BCUT2D eigenvalue weighted by molar-refractivity contribution is -0.138. The van der Waals surface area contributed by atoms with E-state index in [4.69, 9.17) is 0 Å². The fraction of sp³-hybridized carbons (Fsp3) is 0.560. The van der Waals surface area contributed by atoms with Crippen molar-refractivity contribution in [2.24, 2.45) is 11.8 Å². The van der Waals surface area contributed by atoms with Crippen molar-refractivity contribution in [3.63, 3.8) is 0 Å². The number of fused-ring (bicyclic) bond motifs is 1. The van der Waals surface area contributed by atoms with Crippen LogP contribution < -0.4 is 0 Å². The van der Waals surface area contributed by atoms with Crippen molar-refractivity contribution in [2.75, 3.05) is 19.6 Å². The predicted octanol–water partition coefficient (Wildman–Crippen LogP) is 3.22. The Morgan fingerprint density at radius 2 is 1.97 bits per heavy atom. The van der Waals surface area contributed by atoms with Gasteiger partial charge in [0.2, 0.25) is 11.8 Å². The van der Waals surface area contributed by atoms with Gasteiger partial charge < -0.3 is 14.4 Å². The number of piperidine rings is 1. The molecule has 1 aromatic heterocycles. The summed E-state index contributed by atoms with van der Waals surface area (Å²) in [7, 11) is 0. The quantitative estimate of drug-likeness (QED) is 0.763. The number of likely N-dealkylation sites (tertiary alicyclic amines) is 2. The molecule has 3 heterocycles. The number of amides is 2.